The second-order valence-electron chi connectivity index (χ2n) is 6.85. The van der Waals surface area contributed by atoms with E-state index in [-0.39, 0.29) is 18.4 Å². The van der Waals surface area contributed by atoms with Crippen LogP contribution in [0.5, 0.6) is 11.5 Å². The fraction of sp³-hybridized carbons (Fsp3) is 0.364. The summed E-state index contributed by atoms with van der Waals surface area (Å²) in [7, 11) is 1.56. The largest absolute Gasteiger partial charge is 0.497 e. The smallest absolute Gasteiger partial charge is 0.262 e. The average Bonchev–Trinajstić information content (AvgIpc) is 2.76. The molecule has 7 nitrogen and oxygen atoms in total. The van der Waals surface area contributed by atoms with Gasteiger partial charge in [0.1, 0.15) is 11.5 Å². The molecule has 0 saturated carbocycles. The molecule has 7 heteroatoms. The third kappa shape index (κ3) is 6.80. The monoisotopic (exact) mass is 399 g/mol. The number of carbonyl (C=O) groups excluding carboxylic acids is 2. The highest BCUT2D eigenvalue weighted by atomic mass is 16.5. The summed E-state index contributed by atoms with van der Waals surface area (Å²) in [4.78, 5) is 24.3. The Hall–Kier alpha value is -3.06. The summed E-state index contributed by atoms with van der Waals surface area (Å²) < 4.78 is 10.6. The van der Waals surface area contributed by atoms with Crippen molar-refractivity contribution in [3.8, 4) is 11.5 Å². The molecule has 0 spiro atoms. The van der Waals surface area contributed by atoms with E-state index < -0.39 is 5.54 Å². The van der Waals surface area contributed by atoms with Crippen molar-refractivity contribution >= 4 is 17.5 Å². The Morgan fingerprint density at radius 1 is 1.03 bits per heavy atom. The van der Waals surface area contributed by atoms with E-state index in [9.17, 15) is 9.59 Å². The second kappa shape index (κ2) is 10.5. The summed E-state index contributed by atoms with van der Waals surface area (Å²) in [5.74, 6) is 0.669. The lowest BCUT2D eigenvalue weighted by atomic mass is 9.94. The van der Waals surface area contributed by atoms with Crippen LogP contribution in [0.2, 0.25) is 0 Å². The lowest BCUT2D eigenvalue weighted by Gasteiger charge is -2.26. The predicted octanol–water partition coefficient (Wildman–Crippen LogP) is 2.96. The van der Waals surface area contributed by atoms with Gasteiger partial charge in [0, 0.05) is 29.4 Å². The van der Waals surface area contributed by atoms with Crippen LogP contribution in [0, 0.1) is 0 Å². The highest BCUT2D eigenvalue weighted by molar-refractivity contribution is 5.94. The van der Waals surface area contributed by atoms with Gasteiger partial charge >= 0.3 is 0 Å². The predicted molar refractivity (Wildman–Crippen MR) is 113 cm³/mol. The van der Waals surface area contributed by atoms with Crippen molar-refractivity contribution in [1.29, 1.82) is 0 Å². The van der Waals surface area contributed by atoms with E-state index in [1.807, 2.05) is 13.8 Å². The Bertz CT molecular complexity index is 817. The Morgan fingerprint density at radius 3 is 2.34 bits per heavy atom. The minimum atomic E-state index is -0.394. The van der Waals surface area contributed by atoms with Gasteiger partial charge < -0.3 is 25.8 Å². The summed E-state index contributed by atoms with van der Waals surface area (Å²) in [5.41, 5.74) is 6.95. The molecule has 0 aliphatic heterocycles. The molecular weight excluding hydrogens is 370 g/mol. The first-order valence-corrected chi connectivity index (χ1v) is 9.63. The number of hydrogen-bond donors (Lipinski definition) is 3. The van der Waals surface area contributed by atoms with Crippen LogP contribution in [0.3, 0.4) is 0 Å². The zero-order valence-corrected chi connectivity index (χ0v) is 17.2. The molecule has 156 valence electrons. The molecule has 4 N–H and O–H groups in total. The van der Waals surface area contributed by atoms with Gasteiger partial charge in [-0.25, -0.2) is 0 Å². The molecule has 2 rings (SSSR count). The van der Waals surface area contributed by atoms with E-state index in [0.717, 1.165) is 12.8 Å². The minimum Gasteiger partial charge on any atom is -0.497 e. The number of nitrogens with one attached hydrogen (secondary N) is 2. The van der Waals surface area contributed by atoms with E-state index in [1.165, 1.54) is 0 Å². The van der Waals surface area contributed by atoms with E-state index in [0.29, 0.717) is 29.3 Å². The molecule has 0 unspecified atom stereocenters. The van der Waals surface area contributed by atoms with Crippen molar-refractivity contribution in [2.45, 2.75) is 32.2 Å². The fourth-order valence-corrected chi connectivity index (χ4v) is 2.61. The molecule has 0 saturated heterocycles. The van der Waals surface area contributed by atoms with E-state index in [4.69, 9.17) is 15.2 Å². The van der Waals surface area contributed by atoms with Crippen LogP contribution in [-0.4, -0.2) is 37.6 Å². The number of nitrogens with two attached hydrogens (primary N) is 1. The number of carbonyl (C=O) groups is 2. The van der Waals surface area contributed by atoms with Crippen molar-refractivity contribution in [2.75, 3.05) is 25.6 Å². The van der Waals surface area contributed by atoms with Crippen molar-refractivity contribution in [2.24, 2.45) is 5.73 Å². The summed E-state index contributed by atoms with van der Waals surface area (Å²) >= 11 is 0. The Morgan fingerprint density at radius 2 is 1.72 bits per heavy atom. The standard InChI is InChI=1S/C22H29N3O4/c1-4-22(23,5-2)15-24-21(27)16-9-11-18(12-10-16)29-14-20(26)25-17-7-6-8-19(13-17)28-3/h6-13H,4-5,14-15,23H2,1-3H3,(H,24,27)(H,25,26). The Labute approximate surface area is 171 Å². The van der Waals surface area contributed by atoms with Crippen molar-refractivity contribution < 1.29 is 19.1 Å². The van der Waals surface area contributed by atoms with E-state index in [1.54, 1.807) is 55.6 Å². The number of rotatable bonds is 10. The van der Waals surface area contributed by atoms with Gasteiger partial charge in [-0.15, -0.1) is 0 Å². The number of ether oxygens (including phenoxy) is 2. The van der Waals surface area contributed by atoms with Gasteiger partial charge in [-0.2, -0.15) is 0 Å². The van der Waals surface area contributed by atoms with Crippen LogP contribution in [0.15, 0.2) is 48.5 Å². The molecule has 0 fully saturated rings. The van der Waals surface area contributed by atoms with Crippen molar-refractivity contribution in [3.63, 3.8) is 0 Å². The Balaban J connectivity index is 1.83. The fourth-order valence-electron chi connectivity index (χ4n) is 2.61. The van der Waals surface area contributed by atoms with Gasteiger partial charge in [0.15, 0.2) is 6.61 Å². The SMILES string of the molecule is CCC(N)(CC)CNC(=O)c1ccc(OCC(=O)Nc2cccc(OC)c2)cc1. The van der Waals surface area contributed by atoms with E-state index in [2.05, 4.69) is 10.6 Å². The third-order valence-corrected chi connectivity index (χ3v) is 4.85. The van der Waals surface area contributed by atoms with Gasteiger partial charge in [0.2, 0.25) is 0 Å². The van der Waals surface area contributed by atoms with Gasteiger partial charge in [-0.1, -0.05) is 19.9 Å². The number of anilines is 1. The maximum Gasteiger partial charge on any atom is 0.262 e. The van der Waals surface area contributed by atoms with Crippen LogP contribution in [0.25, 0.3) is 0 Å². The van der Waals surface area contributed by atoms with Crippen LogP contribution in [-0.2, 0) is 4.79 Å². The number of methoxy groups -OCH3 is 1. The summed E-state index contributed by atoms with van der Waals surface area (Å²) in [5, 5.41) is 5.61. The molecule has 2 aromatic carbocycles. The molecule has 29 heavy (non-hydrogen) atoms. The number of amides is 2. The molecule has 0 aliphatic rings. The first kappa shape index (κ1) is 22.2. The van der Waals surface area contributed by atoms with Crippen LogP contribution in [0.1, 0.15) is 37.0 Å². The zero-order valence-electron chi connectivity index (χ0n) is 17.2. The molecule has 0 aromatic heterocycles. The summed E-state index contributed by atoms with van der Waals surface area (Å²) in [6.07, 6.45) is 1.57. The van der Waals surface area contributed by atoms with Crippen LogP contribution < -0.4 is 25.8 Å². The first-order valence-electron chi connectivity index (χ1n) is 9.63. The molecule has 0 heterocycles. The van der Waals surface area contributed by atoms with Gasteiger partial charge in [0.05, 0.1) is 7.11 Å². The normalized spacial score (nSPS) is 10.9. The molecule has 2 aromatic rings. The minimum absolute atomic E-state index is 0.147. The zero-order chi connectivity index (χ0) is 21.3. The second-order valence-corrected chi connectivity index (χ2v) is 6.85. The summed E-state index contributed by atoms with van der Waals surface area (Å²) in [6.45, 7) is 4.28. The lowest BCUT2D eigenvalue weighted by Crippen LogP contribution is -2.49. The number of benzene rings is 2. The highest BCUT2D eigenvalue weighted by Gasteiger charge is 2.21. The van der Waals surface area contributed by atoms with Gasteiger partial charge in [-0.3, -0.25) is 9.59 Å². The van der Waals surface area contributed by atoms with Crippen molar-refractivity contribution in [3.05, 3.63) is 54.1 Å². The van der Waals surface area contributed by atoms with Crippen molar-refractivity contribution in [1.82, 2.24) is 5.32 Å². The van der Waals surface area contributed by atoms with Gasteiger partial charge in [-0.05, 0) is 49.2 Å². The molecule has 0 aliphatic carbocycles. The third-order valence-electron chi connectivity index (χ3n) is 4.85. The highest BCUT2D eigenvalue weighted by Crippen LogP contribution is 2.17. The molecular formula is C22H29N3O4. The topological polar surface area (TPSA) is 103 Å². The molecule has 0 atom stereocenters. The first-order chi connectivity index (χ1) is 13.9. The van der Waals surface area contributed by atoms with Crippen LogP contribution >= 0.6 is 0 Å². The average molecular weight is 399 g/mol. The van der Waals surface area contributed by atoms with Gasteiger partial charge in [0.25, 0.3) is 11.8 Å². The summed E-state index contributed by atoms with van der Waals surface area (Å²) in [6, 6.07) is 13.7. The van der Waals surface area contributed by atoms with E-state index >= 15 is 0 Å². The molecule has 2 amide bonds. The Kier molecular flexibility index (Phi) is 8.03. The molecule has 0 bridgehead atoms. The molecule has 0 radical (unpaired) electrons. The van der Waals surface area contributed by atoms with Crippen LogP contribution in [0.4, 0.5) is 5.69 Å². The maximum absolute atomic E-state index is 12.3. The number of hydrogen-bond acceptors (Lipinski definition) is 5. The quantitative estimate of drug-likeness (QED) is 0.570. The maximum atomic E-state index is 12.3. The lowest BCUT2D eigenvalue weighted by molar-refractivity contribution is -0.118.